The molecule has 1 amide bonds. The zero-order valence-corrected chi connectivity index (χ0v) is 8.95. The standard InChI is InChI=1S/C12H17NO/c1-9(12(2,3)11(13)14)10-7-5-4-6-8-10/h4-9H,1-3H3,(H2,13,14)/t9-/m0/s1. The second-order valence-corrected chi connectivity index (χ2v) is 4.22. The van der Waals surface area contributed by atoms with Crippen molar-refractivity contribution in [1.29, 1.82) is 0 Å². The maximum Gasteiger partial charge on any atom is 0.223 e. The summed E-state index contributed by atoms with van der Waals surface area (Å²) in [6.45, 7) is 5.79. The van der Waals surface area contributed by atoms with Gasteiger partial charge in [-0.3, -0.25) is 4.79 Å². The van der Waals surface area contributed by atoms with Crippen LogP contribution in [0.1, 0.15) is 32.3 Å². The van der Waals surface area contributed by atoms with E-state index in [4.69, 9.17) is 5.73 Å². The van der Waals surface area contributed by atoms with Crippen molar-refractivity contribution >= 4 is 5.91 Å². The van der Waals surface area contributed by atoms with Crippen molar-refractivity contribution in [3.05, 3.63) is 35.9 Å². The number of primary amides is 1. The van der Waals surface area contributed by atoms with Crippen molar-refractivity contribution in [3.63, 3.8) is 0 Å². The molecule has 0 fully saturated rings. The topological polar surface area (TPSA) is 43.1 Å². The highest BCUT2D eigenvalue weighted by Crippen LogP contribution is 2.34. The van der Waals surface area contributed by atoms with Gasteiger partial charge in [-0.25, -0.2) is 0 Å². The van der Waals surface area contributed by atoms with Crippen molar-refractivity contribution < 1.29 is 4.79 Å². The summed E-state index contributed by atoms with van der Waals surface area (Å²) >= 11 is 0. The summed E-state index contributed by atoms with van der Waals surface area (Å²) in [4.78, 5) is 11.3. The molecule has 0 bridgehead atoms. The first-order valence-corrected chi connectivity index (χ1v) is 4.81. The molecule has 1 atom stereocenters. The number of hydrogen-bond acceptors (Lipinski definition) is 1. The van der Waals surface area contributed by atoms with Crippen LogP contribution in [-0.4, -0.2) is 5.91 Å². The highest BCUT2D eigenvalue weighted by molar-refractivity contribution is 5.81. The third-order valence-electron chi connectivity index (χ3n) is 3.02. The van der Waals surface area contributed by atoms with Gasteiger partial charge in [0.15, 0.2) is 0 Å². The SMILES string of the molecule is C[C@@H](c1ccccc1)C(C)(C)C(N)=O. The lowest BCUT2D eigenvalue weighted by atomic mass is 9.75. The van der Waals surface area contributed by atoms with Gasteiger partial charge in [0.05, 0.1) is 0 Å². The van der Waals surface area contributed by atoms with Crippen LogP contribution in [0.2, 0.25) is 0 Å². The van der Waals surface area contributed by atoms with E-state index in [2.05, 4.69) is 0 Å². The number of carbonyl (C=O) groups is 1. The van der Waals surface area contributed by atoms with Gasteiger partial charge in [0.1, 0.15) is 0 Å². The van der Waals surface area contributed by atoms with Gasteiger partial charge in [0.2, 0.25) is 5.91 Å². The first-order chi connectivity index (χ1) is 6.46. The monoisotopic (exact) mass is 191 g/mol. The summed E-state index contributed by atoms with van der Waals surface area (Å²) in [6, 6.07) is 9.96. The molecule has 2 heteroatoms. The molecule has 0 unspecified atom stereocenters. The van der Waals surface area contributed by atoms with Crippen LogP contribution in [0.5, 0.6) is 0 Å². The number of amides is 1. The Morgan fingerprint density at radius 2 is 1.79 bits per heavy atom. The average molecular weight is 191 g/mol. The molecular formula is C12H17NO. The van der Waals surface area contributed by atoms with Gasteiger partial charge in [-0.2, -0.15) is 0 Å². The summed E-state index contributed by atoms with van der Waals surface area (Å²) in [7, 11) is 0. The molecule has 0 heterocycles. The fraction of sp³-hybridized carbons (Fsp3) is 0.417. The Kier molecular flexibility index (Phi) is 2.94. The molecule has 14 heavy (non-hydrogen) atoms. The second kappa shape index (κ2) is 3.82. The van der Waals surface area contributed by atoms with Crippen LogP contribution in [0, 0.1) is 5.41 Å². The predicted octanol–water partition coefficient (Wildman–Crippen LogP) is 2.30. The second-order valence-electron chi connectivity index (χ2n) is 4.22. The molecule has 0 aliphatic rings. The third-order valence-corrected chi connectivity index (χ3v) is 3.02. The van der Waals surface area contributed by atoms with E-state index in [9.17, 15) is 4.79 Å². The minimum absolute atomic E-state index is 0.140. The van der Waals surface area contributed by atoms with E-state index in [-0.39, 0.29) is 11.8 Å². The Balaban J connectivity index is 2.96. The molecule has 0 saturated heterocycles. The summed E-state index contributed by atoms with van der Waals surface area (Å²) in [5.74, 6) is -0.116. The highest BCUT2D eigenvalue weighted by atomic mass is 16.1. The molecule has 0 aliphatic heterocycles. The first kappa shape index (κ1) is 10.8. The van der Waals surface area contributed by atoms with Gasteiger partial charge in [-0.15, -0.1) is 0 Å². The average Bonchev–Trinajstić information content (AvgIpc) is 2.17. The normalized spacial score (nSPS) is 13.6. The molecule has 0 aliphatic carbocycles. The van der Waals surface area contributed by atoms with Crippen molar-refractivity contribution in [3.8, 4) is 0 Å². The zero-order valence-electron chi connectivity index (χ0n) is 8.95. The van der Waals surface area contributed by atoms with Gasteiger partial charge >= 0.3 is 0 Å². The highest BCUT2D eigenvalue weighted by Gasteiger charge is 2.32. The fourth-order valence-corrected chi connectivity index (χ4v) is 1.37. The van der Waals surface area contributed by atoms with Crippen molar-refractivity contribution in [2.24, 2.45) is 11.1 Å². The quantitative estimate of drug-likeness (QED) is 0.782. The van der Waals surface area contributed by atoms with E-state index in [1.54, 1.807) is 0 Å². The van der Waals surface area contributed by atoms with Crippen molar-refractivity contribution in [2.75, 3.05) is 0 Å². The summed E-state index contributed by atoms with van der Waals surface area (Å²) < 4.78 is 0. The summed E-state index contributed by atoms with van der Waals surface area (Å²) in [5.41, 5.74) is 6.02. The number of rotatable bonds is 3. The number of hydrogen-bond donors (Lipinski definition) is 1. The van der Waals surface area contributed by atoms with Crippen LogP contribution < -0.4 is 5.73 Å². The Morgan fingerprint density at radius 3 is 2.21 bits per heavy atom. The molecule has 0 aromatic heterocycles. The van der Waals surface area contributed by atoms with Gasteiger partial charge in [-0.1, -0.05) is 51.1 Å². The number of benzene rings is 1. The van der Waals surface area contributed by atoms with E-state index >= 15 is 0 Å². The van der Waals surface area contributed by atoms with Crippen LogP contribution in [-0.2, 0) is 4.79 Å². The lowest BCUT2D eigenvalue weighted by molar-refractivity contribution is -0.126. The predicted molar refractivity (Wildman–Crippen MR) is 57.8 cm³/mol. The molecule has 0 saturated carbocycles. The molecule has 1 aromatic rings. The van der Waals surface area contributed by atoms with E-state index in [0.29, 0.717) is 0 Å². The van der Waals surface area contributed by atoms with Gasteiger partial charge in [0, 0.05) is 5.41 Å². The maximum absolute atomic E-state index is 11.3. The van der Waals surface area contributed by atoms with E-state index in [0.717, 1.165) is 5.56 Å². The largest absolute Gasteiger partial charge is 0.369 e. The number of carbonyl (C=O) groups excluding carboxylic acids is 1. The zero-order chi connectivity index (χ0) is 10.8. The Labute approximate surface area is 85.1 Å². The molecule has 76 valence electrons. The van der Waals surface area contributed by atoms with Gasteiger partial charge in [0.25, 0.3) is 0 Å². The Bertz CT molecular complexity index is 316. The van der Waals surface area contributed by atoms with E-state index in [1.165, 1.54) is 0 Å². The molecular weight excluding hydrogens is 174 g/mol. The minimum atomic E-state index is -0.499. The van der Waals surface area contributed by atoms with Crippen LogP contribution in [0.15, 0.2) is 30.3 Å². The van der Waals surface area contributed by atoms with E-state index in [1.807, 2.05) is 51.1 Å². The van der Waals surface area contributed by atoms with Crippen LogP contribution in [0.3, 0.4) is 0 Å². The molecule has 1 aromatic carbocycles. The van der Waals surface area contributed by atoms with Crippen LogP contribution in [0.25, 0.3) is 0 Å². The molecule has 2 nitrogen and oxygen atoms in total. The van der Waals surface area contributed by atoms with Gasteiger partial charge < -0.3 is 5.73 Å². The third kappa shape index (κ3) is 1.95. The Hall–Kier alpha value is -1.31. The minimum Gasteiger partial charge on any atom is -0.369 e. The molecule has 0 radical (unpaired) electrons. The Morgan fingerprint density at radius 1 is 1.29 bits per heavy atom. The molecule has 2 N–H and O–H groups in total. The fourth-order valence-electron chi connectivity index (χ4n) is 1.37. The van der Waals surface area contributed by atoms with E-state index < -0.39 is 5.41 Å². The van der Waals surface area contributed by atoms with Crippen molar-refractivity contribution in [1.82, 2.24) is 0 Å². The summed E-state index contributed by atoms with van der Waals surface area (Å²) in [5, 5.41) is 0. The lowest BCUT2D eigenvalue weighted by Crippen LogP contribution is -2.35. The van der Waals surface area contributed by atoms with Crippen LogP contribution >= 0.6 is 0 Å². The van der Waals surface area contributed by atoms with Gasteiger partial charge in [-0.05, 0) is 11.5 Å². The number of nitrogens with two attached hydrogens (primary N) is 1. The molecule has 0 spiro atoms. The summed E-state index contributed by atoms with van der Waals surface area (Å²) in [6.07, 6.45) is 0. The van der Waals surface area contributed by atoms with Crippen LogP contribution in [0.4, 0.5) is 0 Å². The smallest absolute Gasteiger partial charge is 0.223 e. The first-order valence-electron chi connectivity index (χ1n) is 4.81. The maximum atomic E-state index is 11.3. The van der Waals surface area contributed by atoms with Crippen molar-refractivity contribution in [2.45, 2.75) is 26.7 Å². The lowest BCUT2D eigenvalue weighted by Gasteiger charge is -2.28. The molecule has 1 rings (SSSR count).